The molecule has 0 spiro atoms. The molecule has 1 aromatic heterocycles. The molecule has 2 aliphatic heterocycles. The standard InChI is InChI=1S/C21H24N2O2/c1-20(2)10-14-9-16(24-5)19-15(11-21(3,4)25-19)17(14)18(23-20)13-7-6-8-22-12-13/h6-9,12H,10-11H2,1-5H3. The van der Waals surface area contributed by atoms with Gasteiger partial charge < -0.3 is 9.47 Å². The fourth-order valence-corrected chi connectivity index (χ4v) is 3.93. The van der Waals surface area contributed by atoms with E-state index in [4.69, 9.17) is 14.5 Å². The van der Waals surface area contributed by atoms with Gasteiger partial charge in [0.2, 0.25) is 0 Å². The molecule has 0 bridgehead atoms. The summed E-state index contributed by atoms with van der Waals surface area (Å²) in [5.74, 6) is 1.69. The van der Waals surface area contributed by atoms with Gasteiger partial charge in [0.1, 0.15) is 5.60 Å². The molecule has 0 N–H and O–H groups in total. The molecule has 25 heavy (non-hydrogen) atoms. The van der Waals surface area contributed by atoms with Crippen molar-refractivity contribution >= 4 is 5.71 Å². The Bertz CT molecular complexity index is 867. The Morgan fingerprint density at radius 2 is 1.96 bits per heavy atom. The van der Waals surface area contributed by atoms with Crippen molar-refractivity contribution in [1.29, 1.82) is 0 Å². The zero-order chi connectivity index (χ0) is 17.8. The van der Waals surface area contributed by atoms with Gasteiger partial charge in [0.15, 0.2) is 11.5 Å². The van der Waals surface area contributed by atoms with E-state index < -0.39 is 0 Å². The van der Waals surface area contributed by atoms with Crippen LogP contribution in [0.5, 0.6) is 11.5 Å². The largest absolute Gasteiger partial charge is 0.493 e. The van der Waals surface area contributed by atoms with Crippen LogP contribution in [0.1, 0.15) is 49.9 Å². The maximum Gasteiger partial charge on any atom is 0.166 e. The molecule has 0 fully saturated rings. The zero-order valence-electron chi connectivity index (χ0n) is 15.5. The summed E-state index contributed by atoms with van der Waals surface area (Å²) < 4.78 is 11.9. The van der Waals surface area contributed by atoms with E-state index in [1.807, 2.05) is 12.3 Å². The molecule has 0 saturated carbocycles. The van der Waals surface area contributed by atoms with Gasteiger partial charge in [0.05, 0.1) is 18.4 Å². The van der Waals surface area contributed by atoms with Crippen LogP contribution >= 0.6 is 0 Å². The highest BCUT2D eigenvalue weighted by molar-refractivity contribution is 6.16. The topological polar surface area (TPSA) is 43.7 Å². The molecule has 0 atom stereocenters. The highest BCUT2D eigenvalue weighted by Gasteiger charge is 2.39. The minimum absolute atomic E-state index is 0.160. The van der Waals surface area contributed by atoms with Crippen molar-refractivity contribution in [2.24, 2.45) is 4.99 Å². The molecular weight excluding hydrogens is 312 g/mol. The molecule has 4 heteroatoms. The number of benzene rings is 1. The molecule has 2 aromatic rings. The molecule has 4 nitrogen and oxygen atoms in total. The highest BCUT2D eigenvalue weighted by Crippen LogP contribution is 2.47. The van der Waals surface area contributed by atoms with Gasteiger partial charge in [-0.2, -0.15) is 0 Å². The summed E-state index contributed by atoms with van der Waals surface area (Å²) in [5.41, 5.74) is 5.35. The SMILES string of the molecule is COc1cc2c(c3c1OC(C)(C)C3)C(c1cccnc1)=NC(C)(C)C2. The Balaban J connectivity index is 2.00. The minimum Gasteiger partial charge on any atom is -0.493 e. The zero-order valence-corrected chi connectivity index (χ0v) is 15.5. The quantitative estimate of drug-likeness (QED) is 0.833. The molecule has 0 amide bonds. The van der Waals surface area contributed by atoms with Crippen LogP contribution in [0.15, 0.2) is 35.6 Å². The normalized spacial score (nSPS) is 19.5. The smallest absolute Gasteiger partial charge is 0.166 e. The first-order chi connectivity index (χ1) is 11.8. The van der Waals surface area contributed by atoms with E-state index in [1.54, 1.807) is 13.3 Å². The van der Waals surface area contributed by atoms with Crippen molar-refractivity contribution < 1.29 is 9.47 Å². The molecule has 0 unspecified atom stereocenters. The van der Waals surface area contributed by atoms with Gasteiger partial charge in [-0.25, -0.2) is 0 Å². The van der Waals surface area contributed by atoms with Crippen LogP contribution in [0.4, 0.5) is 0 Å². The van der Waals surface area contributed by atoms with Crippen LogP contribution in [-0.4, -0.2) is 28.9 Å². The van der Waals surface area contributed by atoms with Crippen LogP contribution in [-0.2, 0) is 12.8 Å². The van der Waals surface area contributed by atoms with E-state index >= 15 is 0 Å². The van der Waals surface area contributed by atoms with E-state index in [0.717, 1.165) is 35.6 Å². The number of hydrogen-bond donors (Lipinski definition) is 0. The lowest BCUT2D eigenvalue weighted by molar-refractivity contribution is 0.134. The first-order valence-corrected chi connectivity index (χ1v) is 8.72. The molecule has 0 aliphatic carbocycles. The lowest BCUT2D eigenvalue weighted by Gasteiger charge is -2.30. The molecule has 2 aliphatic rings. The number of aromatic nitrogens is 1. The number of methoxy groups -OCH3 is 1. The molecule has 0 saturated heterocycles. The van der Waals surface area contributed by atoms with Crippen molar-refractivity contribution in [3.8, 4) is 11.5 Å². The Hall–Kier alpha value is -2.36. The average Bonchev–Trinajstić information content (AvgIpc) is 2.88. The number of nitrogens with zero attached hydrogens (tertiary/aromatic N) is 2. The molecule has 0 radical (unpaired) electrons. The lowest BCUT2D eigenvalue weighted by Crippen LogP contribution is -2.30. The minimum atomic E-state index is -0.238. The van der Waals surface area contributed by atoms with Crippen LogP contribution in [0.25, 0.3) is 0 Å². The van der Waals surface area contributed by atoms with Crippen molar-refractivity contribution in [2.75, 3.05) is 7.11 Å². The van der Waals surface area contributed by atoms with Crippen LogP contribution < -0.4 is 9.47 Å². The van der Waals surface area contributed by atoms with Gasteiger partial charge in [-0.15, -0.1) is 0 Å². The predicted octanol–water partition coefficient (Wildman–Crippen LogP) is 3.98. The first kappa shape index (κ1) is 16.1. The second kappa shape index (κ2) is 5.32. The lowest BCUT2D eigenvalue weighted by atomic mass is 9.81. The Morgan fingerprint density at radius 1 is 1.16 bits per heavy atom. The summed E-state index contributed by atoms with van der Waals surface area (Å²) >= 11 is 0. The fraction of sp³-hybridized carbons (Fsp3) is 0.429. The summed E-state index contributed by atoms with van der Waals surface area (Å²) in [6.07, 6.45) is 5.42. The highest BCUT2D eigenvalue weighted by atomic mass is 16.5. The maximum absolute atomic E-state index is 6.22. The summed E-state index contributed by atoms with van der Waals surface area (Å²) in [6, 6.07) is 6.17. The summed E-state index contributed by atoms with van der Waals surface area (Å²) in [5, 5.41) is 0. The number of hydrogen-bond acceptors (Lipinski definition) is 4. The second-order valence-electron chi connectivity index (χ2n) is 8.15. The fourth-order valence-electron chi connectivity index (χ4n) is 3.93. The number of rotatable bonds is 2. The van der Waals surface area contributed by atoms with Gasteiger partial charge in [0.25, 0.3) is 0 Å². The number of aliphatic imine (C=N–C) groups is 1. The molecule has 4 rings (SSSR count). The van der Waals surface area contributed by atoms with E-state index in [1.165, 1.54) is 16.7 Å². The van der Waals surface area contributed by atoms with Gasteiger partial charge >= 0.3 is 0 Å². The number of ether oxygens (including phenoxy) is 2. The van der Waals surface area contributed by atoms with Crippen molar-refractivity contribution in [2.45, 2.75) is 51.7 Å². The van der Waals surface area contributed by atoms with E-state index in [0.29, 0.717) is 0 Å². The number of pyridine rings is 1. The van der Waals surface area contributed by atoms with Crippen LogP contribution in [0, 0.1) is 0 Å². The third kappa shape index (κ3) is 2.70. The third-order valence-electron chi connectivity index (χ3n) is 4.84. The number of fused-ring (bicyclic) bond motifs is 3. The second-order valence-corrected chi connectivity index (χ2v) is 8.15. The molecular formula is C21H24N2O2. The third-order valence-corrected chi connectivity index (χ3v) is 4.84. The maximum atomic E-state index is 6.22. The molecule has 130 valence electrons. The average molecular weight is 336 g/mol. The predicted molar refractivity (Wildman–Crippen MR) is 99.1 cm³/mol. The Morgan fingerprint density at radius 3 is 2.64 bits per heavy atom. The van der Waals surface area contributed by atoms with E-state index in [-0.39, 0.29) is 11.1 Å². The Kier molecular flexibility index (Phi) is 3.43. The van der Waals surface area contributed by atoms with Crippen molar-refractivity contribution in [3.05, 3.63) is 52.8 Å². The Labute approximate surface area is 148 Å². The molecule has 1 aromatic carbocycles. The van der Waals surface area contributed by atoms with Gasteiger partial charge in [-0.3, -0.25) is 9.98 Å². The molecule has 3 heterocycles. The van der Waals surface area contributed by atoms with Gasteiger partial charge in [-0.05, 0) is 57.9 Å². The summed E-state index contributed by atoms with van der Waals surface area (Å²) in [4.78, 5) is 9.39. The summed E-state index contributed by atoms with van der Waals surface area (Å²) in [7, 11) is 1.71. The van der Waals surface area contributed by atoms with Crippen molar-refractivity contribution in [1.82, 2.24) is 4.98 Å². The van der Waals surface area contributed by atoms with Crippen molar-refractivity contribution in [3.63, 3.8) is 0 Å². The monoisotopic (exact) mass is 336 g/mol. The van der Waals surface area contributed by atoms with E-state index in [2.05, 4.69) is 44.8 Å². The summed E-state index contributed by atoms with van der Waals surface area (Å²) in [6.45, 7) is 8.58. The van der Waals surface area contributed by atoms with E-state index in [9.17, 15) is 0 Å². The van der Waals surface area contributed by atoms with Gasteiger partial charge in [-0.1, -0.05) is 0 Å². The first-order valence-electron chi connectivity index (χ1n) is 8.72. The van der Waals surface area contributed by atoms with Crippen LogP contribution in [0.3, 0.4) is 0 Å². The van der Waals surface area contributed by atoms with Gasteiger partial charge in [0, 0.05) is 35.5 Å². The van der Waals surface area contributed by atoms with Crippen LogP contribution in [0.2, 0.25) is 0 Å².